The summed E-state index contributed by atoms with van der Waals surface area (Å²) in [6, 6.07) is 6.41. The number of ether oxygens (including phenoxy) is 2. The lowest BCUT2D eigenvalue weighted by molar-refractivity contribution is -0.126. The normalized spacial score (nSPS) is 22.0. The smallest absolute Gasteiger partial charge is 0.223 e. The van der Waals surface area contributed by atoms with Gasteiger partial charge in [-0.15, -0.1) is 0 Å². The van der Waals surface area contributed by atoms with Crippen molar-refractivity contribution in [3.8, 4) is 11.5 Å². The van der Waals surface area contributed by atoms with Crippen LogP contribution >= 0.6 is 0 Å². The van der Waals surface area contributed by atoms with Crippen LogP contribution in [0.5, 0.6) is 11.5 Å². The third-order valence-electron chi connectivity index (χ3n) is 6.36. The molecule has 7 nitrogen and oxygen atoms in total. The Hall–Kier alpha value is -2.44. The first kappa shape index (κ1) is 24.2. The summed E-state index contributed by atoms with van der Waals surface area (Å²) < 4.78 is 11.7. The van der Waals surface area contributed by atoms with E-state index in [1.54, 1.807) is 14.2 Å². The summed E-state index contributed by atoms with van der Waals surface area (Å²) in [6.45, 7) is 4.62. The summed E-state index contributed by atoms with van der Waals surface area (Å²) in [5, 5.41) is 10.0. The Balaban J connectivity index is 1.57. The number of rotatable bonds is 8. The van der Waals surface area contributed by atoms with Crippen LogP contribution in [-0.2, 0) is 11.3 Å². The number of hydrogen-bond acceptors (Lipinski definition) is 4. The lowest BCUT2D eigenvalue weighted by atomic mass is 9.85. The molecule has 0 spiro atoms. The summed E-state index contributed by atoms with van der Waals surface area (Å²) >= 11 is 0. The van der Waals surface area contributed by atoms with Gasteiger partial charge in [-0.25, -0.2) is 0 Å². The van der Waals surface area contributed by atoms with Crippen LogP contribution in [-0.4, -0.2) is 44.2 Å². The minimum absolute atomic E-state index is 0.0646. The fourth-order valence-corrected chi connectivity index (χ4v) is 4.63. The minimum atomic E-state index is 0.0646. The molecule has 3 rings (SSSR count). The summed E-state index contributed by atoms with van der Waals surface area (Å²) in [5.41, 5.74) is 1.08. The quantitative estimate of drug-likeness (QED) is 0.420. The van der Waals surface area contributed by atoms with Crippen molar-refractivity contribution in [2.24, 2.45) is 10.9 Å². The monoisotopic (exact) mass is 444 g/mol. The lowest BCUT2D eigenvalue weighted by Crippen LogP contribution is -2.47. The van der Waals surface area contributed by atoms with Gasteiger partial charge in [0.15, 0.2) is 5.96 Å². The molecule has 3 N–H and O–H groups in total. The summed E-state index contributed by atoms with van der Waals surface area (Å²) in [5.74, 6) is 2.66. The molecule has 1 amide bonds. The van der Waals surface area contributed by atoms with Crippen LogP contribution in [0.4, 0.5) is 0 Å². The molecule has 2 saturated carbocycles. The highest BCUT2D eigenvalue weighted by Gasteiger charge is 2.28. The molecule has 2 atom stereocenters. The number of aliphatic imine (C=N–C) groups is 1. The molecule has 0 heterocycles. The van der Waals surface area contributed by atoms with Gasteiger partial charge in [0, 0.05) is 43.2 Å². The number of carbonyl (C=O) groups excluding carboxylic acids is 1. The third-order valence-corrected chi connectivity index (χ3v) is 6.36. The number of methoxy groups -OCH3 is 1. The molecule has 2 aliphatic carbocycles. The minimum Gasteiger partial charge on any atom is -0.497 e. The maximum absolute atomic E-state index is 12.4. The zero-order chi connectivity index (χ0) is 22.9. The first-order chi connectivity index (χ1) is 15.5. The van der Waals surface area contributed by atoms with Gasteiger partial charge in [0.1, 0.15) is 11.5 Å². The molecule has 0 radical (unpaired) electrons. The van der Waals surface area contributed by atoms with E-state index in [9.17, 15) is 4.79 Å². The van der Waals surface area contributed by atoms with E-state index >= 15 is 0 Å². The highest BCUT2D eigenvalue weighted by Crippen LogP contribution is 2.30. The maximum atomic E-state index is 12.4. The van der Waals surface area contributed by atoms with Gasteiger partial charge in [-0.3, -0.25) is 9.79 Å². The van der Waals surface area contributed by atoms with E-state index in [4.69, 9.17) is 9.47 Å². The molecule has 1 aromatic rings. The summed E-state index contributed by atoms with van der Waals surface area (Å²) in [7, 11) is 3.46. The van der Waals surface area contributed by atoms with Crippen molar-refractivity contribution in [1.29, 1.82) is 0 Å². The molecule has 178 valence electrons. The standard InChI is InChI=1S/C25H40N4O3/c1-17(2)28-24(30)18-8-7-9-20(14-18)29-25(26-3)27-16-19-12-13-22(31-4)15-23(19)32-21-10-5-6-11-21/h12-13,15,17-18,20-21H,5-11,14,16H2,1-4H3,(H,28,30)(H2,26,27,29). The Kier molecular flexibility index (Phi) is 9.06. The largest absolute Gasteiger partial charge is 0.497 e. The van der Waals surface area contributed by atoms with E-state index in [1.807, 2.05) is 26.0 Å². The Bertz CT molecular complexity index is 774. The van der Waals surface area contributed by atoms with Gasteiger partial charge in [0.05, 0.1) is 13.2 Å². The van der Waals surface area contributed by atoms with E-state index in [-0.39, 0.29) is 30.0 Å². The molecule has 2 aliphatic rings. The molecule has 2 fully saturated rings. The Morgan fingerprint density at radius 3 is 2.62 bits per heavy atom. The predicted octanol–water partition coefficient (Wildman–Crippen LogP) is 3.77. The molecule has 1 aromatic carbocycles. The van der Waals surface area contributed by atoms with E-state index in [0.717, 1.165) is 61.5 Å². The van der Waals surface area contributed by atoms with Crippen molar-refractivity contribution in [3.05, 3.63) is 23.8 Å². The van der Waals surface area contributed by atoms with Gasteiger partial charge < -0.3 is 25.4 Å². The second-order valence-electron chi connectivity index (χ2n) is 9.29. The Morgan fingerprint density at radius 2 is 1.94 bits per heavy atom. The summed E-state index contributed by atoms with van der Waals surface area (Å²) in [6.07, 6.45) is 8.85. The maximum Gasteiger partial charge on any atom is 0.223 e. The molecular formula is C25H40N4O3. The van der Waals surface area contributed by atoms with Gasteiger partial charge in [-0.1, -0.05) is 6.42 Å². The molecule has 0 bridgehead atoms. The molecule has 0 saturated heterocycles. The zero-order valence-corrected chi connectivity index (χ0v) is 20.1. The van der Waals surface area contributed by atoms with Crippen LogP contribution in [0.3, 0.4) is 0 Å². The van der Waals surface area contributed by atoms with E-state index in [1.165, 1.54) is 12.8 Å². The van der Waals surface area contributed by atoms with Crippen LogP contribution in [0.1, 0.15) is 70.8 Å². The fraction of sp³-hybridized carbons (Fsp3) is 0.680. The number of carbonyl (C=O) groups is 1. The molecule has 2 unspecified atom stereocenters. The number of nitrogens with one attached hydrogen (secondary N) is 3. The Labute approximate surface area is 192 Å². The van der Waals surface area contributed by atoms with Crippen LogP contribution in [0.2, 0.25) is 0 Å². The van der Waals surface area contributed by atoms with Gasteiger partial charge in [0.2, 0.25) is 5.91 Å². The molecular weight excluding hydrogens is 404 g/mol. The van der Waals surface area contributed by atoms with Crippen LogP contribution < -0.4 is 25.4 Å². The van der Waals surface area contributed by atoms with E-state index in [0.29, 0.717) is 6.54 Å². The lowest BCUT2D eigenvalue weighted by Gasteiger charge is -2.30. The van der Waals surface area contributed by atoms with E-state index < -0.39 is 0 Å². The van der Waals surface area contributed by atoms with Crippen molar-refractivity contribution >= 4 is 11.9 Å². The van der Waals surface area contributed by atoms with Crippen LogP contribution in [0, 0.1) is 5.92 Å². The highest BCUT2D eigenvalue weighted by atomic mass is 16.5. The number of amides is 1. The molecule has 0 aliphatic heterocycles. The van der Waals surface area contributed by atoms with E-state index in [2.05, 4.69) is 27.0 Å². The van der Waals surface area contributed by atoms with Crippen LogP contribution in [0.15, 0.2) is 23.2 Å². The number of benzene rings is 1. The second-order valence-corrected chi connectivity index (χ2v) is 9.29. The zero-order valence-electron chi connectivity index (χ0n) is 20.1. The average molecular weight is 445 g/mol. The fourth-order valence-electron chi connectivity index (χ4n) is 4.63. The summed E-state index contributed by atoms with van der Waals surface area (Å²) in [4.78, 5) is 16.9. The van der Waals surface area contributed by atoms with Crippen molar-refractivity contribution in [3.63, 3.8) is 0 Å². The second kappa shape index (κ2) is 12.0. The Morgan fingerprint density at radius 1 is 1.16 bits per heavy atom. The van der Waals surface area contributed by atoms with Gasteiger partial charge >= 0.3 is 0 Å². The van der Waals surface area contributed by atoms with Crippen molar-refractivity contribution in [2.45, 2.75) is 89.9 Å². The number of guanidine groups is 1. The predicted molar refractivity (Wildman–Crippen MR) is 128 cm³/mol. The van der Waals surface area contributed by atoms with Crippen molar-refractivity contribution < 1.29 is 14.3 Å². The van der Waals surface area contributed by atoms with Crippen molar-refractivity contribution in [1.82, 2.24) is 16.0 Å². The molecule has 0 aromatic heterocycles. The number of hydrogen-bond donors (Lipinski definition) is 3. The first-order valence-electron chi connectivity index (χ1n) is 12.1. The first-order valence-corrected chi connectivity index (χ1v) is 12.1. The van der Waals surface area contributed by atoms with Crippen LogP contribution in [0.25, 0.3) is 0 Å². The molecule has 7 heteroatoms. The average Bonchev–Trinajstić information content (AvgIpc) is 3.30. The third kappa shape index (κ3) is 7.04. The topological polar surface area (TPSA) is 84.0 Å². The van der Waals surface area contributed by atoms with Crippen molar-refractivity contribution in [2.75, 3.05) is 14.2 Å². The van der Waals surface area contributed by atoms with Gasteiger partial charge in [0.25, 0.3) is 0 Å². The SMILES string of the molecule is CN=C(NCc1ccc(OC)cc1OC1CCCC1)NC1CCCC(C(=O)NC(C)C)C1. The number of nitrogens with zero attached hydrogens (tertiary/aromatic N) is 1. The molecule has 32 heavy (non-hydrogen) atoms. The van der Waals surface area contributed by atoms with Gasteiger partial charge in [-0.2, -0.15) is 0 Å². The van der Waals surface area contributed by atoms with Gasteiger partial charge in [-0.05, 0) is 70.9 Å². The highest BCUT2D eigenvalue weighted by molar-refractivity contribution is 5.81.